The van der Waals surface area contributed by atoms with Crippen LogP contribution in [0.2, 0.25) is 0 Å². The summed E-state index contributed by atoms with van der Waals surface area (Å²) in [5, 5.41) is 32.2. The number of halogens is 1. The van der Waals surface area contributed by atoms with Crippen molar-refractivity contribution in [3.8, 4) is 0 Å². The van der Waals surface area contributed by atoms with E-state index in [2.05, 4.69) is 42.5 Å². The van der Waals surface area contributed by atoms with E-state index in [-0.39, 0.29) is 66.2 Å². The lowest BCUT2D eigenvalue weighted by atomic mass is 9.76. The molecule has 45 heavy (non-hydrogen) atoms. The molecule has 4 aliphatic carbocycles. The summed E-state index contributed by atoms with van der Waals surface area (Å²) in [6.07, 6.45) is 19.6. The molecule has 5 heterocycles. The summed E-state index contributed by atoms with van der Waals surface area (Å²) in [5.41, 5.74) is 0. The lowest BCUT2D eigenvalue weighted by Gasteiger charge is -2.38. The van der Waals surface area contributed by atoms with Crippen LogP contribution in [0, 0.1) is 47.3 Å². The summed E-state index contributed by atoms with van der Waals surface area (Å²) in [7, 11) is 2.54. The Kier molecular flexibility index (Phi) is 9.41. The lowest BCUT2D eigenvalue weighted by Crippen LogP contribution is -2.62. The standard InChI is InChI=1S/C32H55ClN8O2S.Al.3H/c33-44(42,43)23-15-7-14-22-24(23)32-40-30-21-13-6-5-12-20(21)28(38-30)36-26-17-9-2-1-8-16(17)25(34-26)35-27-18-10-3-4-11-19(18)29(37-27)39-31(22)41-32;;;;/h16-32,34-41H,1-15H2;;;;. The second-order valence-electron chi connectivity index (χ2n) is 16.2. The summed E-state index contributed by atoms with van der Waals surface area (Å²) in [4.78, 5) is 0. The quantitative estimate of drug-likeness (QED) is 0.150. The van der Waals surface area contributed by atoms with Gasteiger partial charge in [-0.1, -0.05) is 44.9 Å². The average molecular weight is 681 g/mol. The van der Waals surface area contributed by atoms with Gasteiger partial charge in [-0.2, -0.15) is 0 Å². The first-order chi connectivity index (χ1) is 21.4. The van der Waals surface area contributed by atoms with E-state index >= 15 is 0 Å². The van der Waals surface area contributed by atoms with Crippen LogP contribution in [0.5, 0.6) is 0 Å². The van der Waals surface area contributed by atoms with Crippen LogP contribution >= 0.6 is 10.7 Å². The molecule has 0 aromatic heterocycles. The molecule has 9 fully saturated rings. The van der Waals surface area contributed by atoms with Crippen LogP contribution in [-0.4, -0.2) is 80.4 Å². The van der Waals surface area contributed by atoms with Gasteiger partial charge >= 0.3 is 0 Å². The predicted molar refractivity (Wildman–Crippen MR) is 181 cm³/mol. The first-order valence-corrected chi connectivity index (χ1v) is 20.8. The molecule has 8 bridgehead atoms. The van der Waals surface area contributed by atoms with Crippen molar-refractivity contribution in [1.29, 1.82) is 0 Å². The van der Waals surface area contributed by atoms with Crippen molar-refractivity contribution in [2.75, 3.05) is 0 Å². The molecule has 0 spiro atoms. The maximum absolute atomic E-state index is 13.0. The molecule has 0 aromatic carbocycles. The number of hydrogen-bond donors (Lipinski definition) is 8. The van der Waals surface area contributed by atoms with Gasteiger partial charge in [-0.3, -0.25) is 42.5 Å². The first-order valence-electron chi connectivity index (χ1n) is 18.4. The molecule has 17 atom stereocenters. The molecule has 5 saturated heterocycles. The maximum atomic E-state index is 13.0. The molecule has 5 aliphatic heterocycles. The zero-order valence-corrected chi connectivity index (χ0v) is 27.6. The molecule has 8 N–H and O–H groups in total. The van der Waals surface area contributed by atoms with E-state index < -0.39 is 14.3 Å². The first kappa shape index (κ1) is 32.6. The third-order valence-electron chi connectivity index (χ3n) is 14.2. The van der Waals surface area contributed by atoms with Crippen LogP contribution in [0.4, 0.5) is 0 Å². The van der Waals surface area contributed by atoms with Gasteiger partial charge in [0.05, 0.1) is 54.6 Å². The Hall–Kier alpha value is 0.452. The third kappa shape index (κ3) is 5.81. The SMILES string of the molecule is O=S(=O)(Cl)C1CCCC2C3NC4NC(NC5NC(NC6NC(NC(N3)C21)C1CCCCC61)C1CCCCC51)C1CCCCC41.[AlH3]. The normalized spacial score (nSPS) is 54.3. The minimum absolute atomic E-state index is 0. The molecule has 0 aromatic rings. The fourth-order valence-corrected chi connectivity index (χ4v) is 14.1. The van der Waals surface area contributed by atoms with Crippen molar-refractivity contribution in [1.82, 2.24) is 42.5 Å². The Morgan fingerprint density at radius 1 is 0.378 bits per heavy atom. The molecule has 13 heteroatoms. The van der Waals surface area contributed by atoms with Gasteiger partial charge in [-0.15, -0.1) is 0 Å². The van der Waals surface area contributed by atoms with Crippen LogP contribution < -0.4 is 42.5 Å². The fourth-order valence-electron chi connectivity index (χ4n) is 12.3. The van der Waals surface area contributed by atoms with Crippen LogP contribution in [-0.2, 0) is 9.05 Å². The second kappa shape index (κ2) is 13.0. The molecule has 0 amide bonds. The van der Waals surface area contributed by atoms with Crippen molar-refractivity contribution < 1.29 is 8.42 Å². The Morgan fingerprint density at radius 2 is 0.644 bits per heavy atom. The van der Waals surface area contributed by atoms with Crippen LogP contribution in [0.15, 0.2) is 0 Å². The zero-order chi connectivity index (χ0) is 29.6. The van der Waals surface area contributed by atoms with E-state index in [1.54, 1.807) is 0 Å². The van der Waals surface area contributed by atoms with Crippen molar-refractivity contribution in [3.63, 3.8) is 0 Å². The van der Waals surface area contributed by atoms with Gasteiger partial charge < -0.3 is 0 Å². The van der Waals surface area contributed by atoms with E-state index in [9.17, 15) is 8.42 Å². The van der Waals surface area contributed by atoms with E-state index in [1.807, 2.05) is 0 Å². The molecule has 17 unspecified atom stereocenters. The molecule has 0 radical (unpaired) electrons. The van der Waals surface area contributed by atoms with Gasteiger partial charge in [0.25, 0.3) is 0 Å². The highest BCUT2D eigenvalue weighted by Crippen LogP contribution is 2.47. The second-order valence-corrected chi connectivity index (χ2v) is 19.0. The summed E-state index contributed by atoms with van der Waals surface area (Å²) >= 11 is 0. The van der Waals surface area contributed by atoms with E-state index in [1.165, 1.54) is 77.0 Å². The lowest BCUT2D eigenvalue weighted by molar-refractivity contribution is 0.168. The predicted octanol–water partition coefficient (Wildman–Crippen LogP) is 0.969. The minimum Gasteiger partial charge on any atom is -0.286 e. The van der Waals surface area contributed by atoms with Crippen LogP contribution in [0.1, 0.15) is 96.3 Å². The highest BCUT2D eigenvalue weighted by Gasteiger charge is 2.57. The summed E-state index contributed by atoms with van der Waals surface area (Å²) in [6.45, 7) is 0. The highest BCUT2D eigenvalue weighted by atomic mass is 35.7. The van der Waals surface area contributed by atoms with Gasteiger partial charge in [0, 0.05) is 16.6 Å². The number of hydrogen-bond acceptors (Lipinski definition) is 10. The Morgan fingerprint density at radius 3 is 0.956 bits per heavy atom. The van der Waals surface area contributed by atoms with Gasteiger partial charge in [0.2, 0.25) is 9.05 Å². The smallest absolute Gasteiger partial charge is 0.235 e. The Bertz CT molecular complexity index is 1190. The Balaban J connectivity index is 0.00000300. The van der Waals surface area contributed by atoms with Gasteiger partial charge in [-0.25, -0.2) is 8.42 Å². The summed E-state index contributed by atoms with van der Waals surface area (Å²) in [5.74, 6) is 3.81. The number of nitrogens with one attached hydrogen (secondary N) is 8. The van der Waals surface area contributed by atoms with Crippen molar-refractivity contribution in [3.05, 3.63) is 0 Å². The topological polar surface area (TPSA) is 130 Å². The minimum atomic E-state index is -3.68. The molecular formula is C32H58AlClN8O2S. The van der Waals surface area contributed by atoms with Gasteiger partial charge in [0.1, 0.15) is 0 Å². The molecule has 254 valence electrons. The van der Waals surface area contributed by atoms with E-state index in [0.717, 1.165) is 12.8 Å². The maximum Gasteiger partial charge on any atom is 0.235 e. The Labute approximate surface area is 285 Å². The molecule has 9 aliphatic rings. The molecular weight excluding hydrogens is 623 g/mol. The average Bonchev–Trinajstić information content (AvgIpc) is 3.76. The molecule has 9 rings (SSSR count). The van der Waals surface area contributed by atoms with Gasteiger partial charge in [0.15, 0.2) is 17.4 Å². The van der Waals surface area contributed by atoms with E-state index in [4.69, 9.17) is 10.7 Å². The number of rotatable bonds is 1. The highest BCUT2D eigenvalue weighted by molar-refractivity contribution is 8.14. The number of fused-ring (bicyclic) bond motifs is 20. The summed E-state index contributed by atoms with van der Waals surface area (Å²) < 4.78 is 26.1. The molecule has 4 saturated carbocycles. The van der Waals surface area contributed by atoms with Crippen molar-refractivity contribution in [2.45, 2.75) is 151 Å². The monoisotopic (exact) mass is 680 g/mol. The van der Waals surface area contributed by atoms with Crippen molar-refractivity contribution in [2.24, 2.45) is 47.3 Å². The third-order valence-corrected chi connectivity index (χ3v) is 16.2. The molecule has 10 nitrogen and oxygen atoms in total. The summed E-state index contributed by atoms with van der Waals surface area (Å²) in [6, 6.07) is 0. The van der Waals surface area contributed by atoms with Gasteiger partial charge in [-0.05, 0) is 92.8 Å². The fraction of sp³-hybridized carbons (Fsp3) is 1.00. The van der Waals surface area contributed by atoms with Crippen LogP contribution in [0.25, 0.3) is 0 Å². The van der Waals surface area contributed by atoms with Crippen LogP contribution in [0.3, 0.4) is 0 Å². The largest absolute Gasteiger partial charge is 0.286 e. The zero-order valence-electron chi connectivity index (χ0n) is 26.0. The van der Waals surface area contributed by atoms with Crippen molar-refractivity contribution >= 4 is 37.1 Å². The van der Waals surface area contributed by atoms with E-state index in [0.29, 0.717) is 54.3 Å².